The molecule has 1 N–H and O–H groups in total. The van der Waals surface area contributed by atoms with Crippen molar-refractivity contribution >= 4 is 21.2 Å². The van der Waals surface area contributed by atoms with Gasteiger partial charge in [-0.25, -0.2) is 13.4 Å². The van der Waals surface area contributed by atoms with Crippen molar-refractivity contribution in [2.75, 3.05) is 12.4 Å². The Hall–Kier alpha value is -0.460. The summed E-state index contributed by atoms with van der Waals surface area (Å²) in [6.45, 7) is -0.0797. The van der Waals surface area contributed by atoms with Gasteiger partial charge in [0.2, 0.25) is 0 Å². The number of aliphatic hydroxyl groups excluding tert-OH is 1. The van der Waals surface area contributed by atoms with Crippen LogP contribution in [0.15, 0.2) is 5.38 Å². The van der Waals surface area contributed by atoms with Crippen LogP contribution in [0.3, 0.4) is 0 Å². The van der Waals surface area contributed by atoms with E-state index in [2.05, 4.69) is 4.98 Å². The lowest BCUT2D eigenvalue weighted by atomic mass is 9.90. The van der Waals surface area contributed by atoms with Crippen molar-refractivity contribution in [1.29, 1.82) is 0 Å². The molecular formula is C13H21NO3S2. The number of aromatic nitrogens is 1. The molecule has 0 aliphatic heterocycles. The first-order chi connectivity index (χ1) is 9.11. The third kappa shape index (κ3) is 4.54. The molecule has 19 heavy (non-hydrogen) atoms. The molecule has 0 saturated heterocycles. The van der Waals surface area contributed by atoms with Crippen molar-refractivity contribution in [2.45, 2.75) is 50.2 Å². The second-order valence-electron chi connectivity index (χ2n) is 5.18. The highest BCUT2D eigenvalue weighted by Gasteiger charge is 2.20. The van der Waals surface area contributed by atoms with Crippen LogP contribution in [0, 0.1) is 0 Å². The van der Waals surface area contributed by atoms with Crippen LogP contribution in [-0.4, -0.2) is 30.9 Å². The van der Waals surface area contributed by atoms with E-state index in [1.807, 2.05) is 5.38 Å². The average molecular weight is 303 g/mol. The first-order valence-corrected chi connectivity index (χ1v) is 9.56. The van der Waals surface area contributed by atoms with Gasteiger partial charge in [-0.2, -0.15) is 0 Å². The minimum Gasteiger partial charge on any atom is -0.396 e. The maximum Gasteiger partial charge on any atom is 0.156 e. The van der Waals surface area contributed by atoms with Gasteiger partial charge in [0.05, 0.1) is 22.2 Å². The fourth-order valence-corrected chi connectivity index (χ4v) is 4.92. The van der Waals surface area contributed by atoms with Gasteiger partial charge in [0.15, 0.2) is 9.84 Å². The molecule has 0 atom stereocenters. The predicted octanol–water partition coefficient (Wildman–Crippen LogP) is 2.49. The van der Waals surface area contributed by atoms with E-state index in [0.29, 0.717) is 18.0 Å². The molecule has 1 saturated carbocycles. The molecule has 1 aromatic heterocycles. The highest BCUT2D eigenvalue weighted by Crippen LogP contribution is 2.34. The molecule has 1 aromatic rings. The van der Waals surface area contributed by atoms with E-state index in [1.54, 1.807) is 11.3 Å². The smallest absolute Gasteiger partial charge is 0.156 e. The monoisotopic (exact) mass is 303 g/mol. The molecule has 1 heterocycles. The van der Waals surface area contributed by atoms with E-state index < -0.39 is 9.84 Å². The van der Waals surface area contributed by atoms with Crippen LogP contribution >= 0.6 is 11.3 Å². The SMILES string of the molecule is O=S(=O)(CCCO)Cc1csc(C2CCCCC2)n1. The Bertz CT molecular complexity index is 490. The quantitative estimate of drug-likeness (QED) is 0.876. The Kier molecular flexibility index (Phi) is 5.36. The summed E-state index contributed by atoms with van der Waals surface area (Å²) in [5.74, 6) is 0.586. The zero-order valence-electron chi connectivity index (χ0n) is 11.0. The molecule has 0 bridgehead atoms. The van der Waals surface area contributed by atoms with Crippen molar-refractivity contribution in [3.63, 3.8) is 0 Å². The van der Waals surface area contributed by atoms with E-state index >= 15 is 0 Å². The summed E-state index contributed by atoms with van der Waals surface area (Å²) in [7, 11) is -3.13. The van der Waals surface area contributed by atoms with Gasteiger partial charge >= 0.3 is 0 Å². The molecule has 6 heteroatoms. The number of aliphatic hydroxyl groups is 1. The lowest BCUT2D eigenvalue weighted by Crippen LogP contribution is -2.11. The van der Waals surface area contributed by atoms with Gasteiger partial charge in [-0.05, 0) is 19.3 Å². The minimum atomic E-state index is -3.13. The van der Waals surface area contributed by atoms with Gasteiger partial charge in [0, 0.05) is 17.9 Å². The van der Waals surface area contributed by atoms with Crippen molar-refractivity contribution in [3.8, 4) is 0 Å². The Balaban J connectivity index is 1.96. The fourth-order valence-electron chi connectivity index (χ4n) is 2.51. The standard InChI is InChI=1S/C13H21NO3S2/c15-7-4-8-19(16,17)10-12-9-18-13(14-12)11-5-2-1-3-6-11/h9,11,15H,1-8,10H2. The molecular weight excluding hydrogens is 282 g/mol. The Labute approximate surface area is 118 Å². The van der Waals surface area contributed by atoms with Crippen LogP contribution in [0.5, 0.6) is 0 Å². The summed E-state index contributed by atoms with van der Waals surface area (Å²) in [5, 5.41) is 11.7. The van der Waals surface area contributed by atoms with Crippen LogP contribution in [0.4, 0.5) is 0 Å². The van der Waals surface area contributed by atoms with Crippen LogP contribution in [0.1, 0.15) is 55.1 Å². The Morgan fingerprint density at radius 3 is 2.74 bits per heavy atom. The normalized spacial score (nSPS) is 17.7. The third-order valence-corrected chi connectivity index (χ3v) is 6.21. The zero-order chi connectivity index (χ0) is 13.7. The van der Waals surface area contributed by atoms with Crippen LogP contribution in [-0.2, 0) is 15.6 Å². The molecule has 0 amide bonds. The van der Waals surface area contributed by atoms with E-state index in [-0.39, 0.29) is 18.1 Å². The molecule has 0 unspecified atom stereocenters. The average Bonchev–Trinajstić information content (AvgIpc) is 2.85. The second-order valence-corrected chi connectivity index (χ2v) is 8.25. The van der Waals surface area contributed by atoms with Gasteiger partial charge in [-0.1, -0.05) is 19.3 Å². The molecule has 0 radical (unpaired) electrons. The maximum atomic E-state index is 11.8. The topological polar surface area (TPSA) is 67.3 Å². The summed E-state index contributed by atoms with van der Waals surface area (Å²) in [5.41, 5.74) is 0.670. The summed E-state index contributed by atoms with van der Waals surface area (Å²) in [6, 6.07) is 0. The molecule has 2 rings (SSSR count). The summed E-state index contributed by atoms with van der Waals surface area (Å²) in [4.78, 5) is 4.50. The lowest BCUT2D eigenvalue weighted by Gasteiger charge is -2.18. The van der Waals surface area contributed by atoms with Gasteiger partial charge in [-0.3, -0.25) is 0 Å². The van der Waals surface area contributed by atoms with Gasteiger partial charge in [0.1, 0.15) is 0 Å². The Morgan fingerprint density at radius 2 is 2.05 bits per heavy atom. The summed E-state index contributed by atoms with van der Waals surface area (Å²) < 4.78 is 23.6. The summed E-state index contributed by atoms with van der Waals surface area (Å²) >= 11 is 1.60. The highest BCUT2D eigenvalue weighted by molar-refractivity contribution is 7.90. The molecule has 4 nitrogen and oxygen atoms in total. The fraction of sp³-hybridized carbons (Fsp3) is 0.769. The van der Waals surface area contributed by atoms with E-state index in [1.165, 1.54) is 32.1 Å². The molecule has 1 aliphatic rings. The van der Waals surface area contributed by atoms with Gasteiger partial charge in [-0.15, -0.1) is 11.3 Å². The molecule has 1 fully saturated rings. The van der Waals surface area contributed by atoms with Crippen molar-refractivity contribution in [2.24, 2.45) is 0 Å². The maximum absolute atomic E-state index is 11.8. The third-order valence-electron chi connectivity index (χ3n) is 3.51. The number of thiazole rings is 1. The highest BCUT2D eigenvalue weighted by atomic mass is 32.2. The van der Waals surface area contributed by atoms with Crippen molar-refractivity contribution in [3.05, 3.63) is 16.1 Å². The van der Waals surface area contributed by atoms with Crippen molar-refractivity contribution in [1.82, 2.24) is 4.98 Å². The Morgan fingerprint density at radius 1 is 1.32 bits per heavy atom. The van der Waals surface area contributed by atoms with Crippen LogP contribution < -0.4 is 0 Å². The van der Waals surface area contributed by atoms with Crippen LogP contribution in [0.2, 0.25) is 0 Å². The molecule has 0 spiro atoms. The molecule has 108 valence electrons. The molecule has 1 aliphatic carbocycles. The lowest BCUT2D eigenvalue weighted by molar-refractivity contribution is 0.295. The molecule has 0 aromatic carbocycles. The number of hydrogen-bond donors (Lipinski definition) is 1. The van der Waals surface area contributed by atoms with Gasteiger partial charge < -0.3 is 5.11 Å². The first-order valence-electron chi connectivity index (χ1n) is 6.86. The van der Waals surface area contributed by atoms with E-state index in [9.17, 15) is 8.42 Å². The number of sulfone groups is 1. The minimum absolute atomic E-state index is 0.0101. The van der Waals surface area contributed by atoms with E-state index in [4.69, 9.17) is 5.11 Å². The zero-order valence-corrected chi connectivity index (χ0v) is 12.7. The van der Waals surface area contributed by atoms with Crippen molar-refractivity contribution < 1.29 is 13.5 Å². The largest absolute Gasteiger partial charge is 0.396 e. The second kappa shape index (κ2) is 6.81. The van der Waals surface area contributed by atoms with Gasteiger partial charge in [0.25, 0.3) is 0 Å². The number of hydrogen-bond acceptors (Lipinski definition) is 5. The van der Waals surface area contributed by atoms with Crippen LogP contribution in [0.25, 0.3) is 0 Å². The predicted molar refractivity (Wildman–Crippen MR) is 77.1 cm³/mol. The number of nitrogens with zero attached hydrogens (tertiary/aromatic N) is 1. The van der Waals surface area contributed by atoms with E-state index in [0.717, 1.165) is 5.01 Å². The first kappa shape index (κ1) is 14.9. The number of rotatable bonds is 6. The summed E-state index contributed by atoms with van der Waals surface area (Å²) in [6.07, 6.45) is 6.50.